The van der Waals surface area contributed by atoms with Gasteiger partial charge in [-0.3, -0.25) is 14.9 Å². The summed E-state index contributed by atoms with van der Waals surface area (Å²) in [5.41, 5.74) is 0.0400. The van der Waals surface area contributed by atoms with Crippen molar-refractivity contribution in [1.29, 1.82) is 5.26 Å². The number of carbonyl (C=O) groups excluding carboxylic acids is 1. The van der Waals surface area contributed by atoms with Gasteiger partial charge in [-0.25, -0.2) is 0 Å². The fraction of sp³-hybridized carbons (Fsp3) is 0.0476. The van der Waals surface area contributed by atoms with Gasteiger partial charge in [0, 0.05) is 11.1 Å². The summed E-state index contributed by atoms with van der Waals surface area (Å²) in [5, 5.41) is 25.3. The minimum absolute atomic E-state index is 0.0493. The highest BCUT2D eigenvalue weighted by molar-refractivity contribution is 6.13. The number of rotatable bonds is 4. The van der Waals surface area contributed by atoms with E-state index in [0.29, 0.717) is 11.4 Å². The van der Waals surface area contributed by atoms with Crippen molar-refractivity contribution in [3.63, 3.8) is 0 Å². The van der Waals surface area contributed by atoms with E-state index in [-0.39, 0.29) is 29.4 Å². The van der Waals surface area contributed by atoms with Gasteiger partial charge >= 0.3 is 0 Å². The molecule has 4 rings (SSSR count). The molecule has 1 aliphatic rings. The topological polar surface area (TPSA) is 114 Å². The van der Waals surface area contributed by atoms with Crippen LogP contribution in [0.25, 0.3) is 16.8 Å². The minimum Gasteiger partial charge on any atom is -0.454 e. The fourth-order valence-electron chi connectivity index (χ4n) is 3.05. The summed E-state index contributed by atoms with van der Waals surface area (Å²) in [6.45, 7) is -0.0493. The molecule has 3 aromatic carbocycles. The lowest BCUT2D eigenvalue weighted by atomic mass is 10.1. The van der Waals surface area contributed by atoms with Crippen LogP contribution in [0.5, 0.6) is 11.5 Å². The van der Waals surface area contributed by atoms with Gasteiger partial charge < -0.3 is 14.8 Å². The van der Waals surface area contributed by atoms with E-state index in [1.807, 2.05) is 30.3 Å². The van der Waals surface area contributed by atoms with Crippen molar-refractivity contribution < 1.29 is 19.2 Å². The van der Waals surface area contributed by atoms with Crippen molar-refractivity contribution in [3.8, 4) is 17.6 Å². The second kappa shape index (κ2) is 7.32. The average Bonchev–Trinajstić information content (AvgIpc) is 3.19. The smallest absolute Gasteiger partial charge is 0.280 e. The summed E-state index contributed by atoms with van der Waals surface area (Å²) in [6, 6.07) is 17.3. The third kappa shape index (κ3) is 3.44. The Balaban J connectivity index is 1.70. The van der Waals surface area contributed by atoms with E-state index in [9.17, 15) is 20.2 Å². The molecule has 142 valence electrons. The highest BCUT2D eigenvalue weighted by atomic mass is 16.7. The number of hydrogen-bond acceptors (Lipinski definition) is 6. The molecule has 0 bridgehead atoms. The van der Waals surface area contributed by atoms with Crippen LogP contribution < -0.4 is 14.8 Å². The maximum atomic E-state index is 12.7. The van der Waals surface area contributed by atoms with E-state index in [4.69, 9.17) is 9.47 Å². The molecule has 0 atom stereocenters. The van der Waals surface area contributed by atoms with Crippen molar-refractivity contribution in [2.24, 2.45) is 0 Å². The van der Waals surface area contributed by atoms with Gasteiger partial charge in [-0.1, -0.05) is 36.4 Å². The number of ether oxygens (including phenoxy) is 2. The number of nitro benzene ring substituents is 1. The van der Waals surface area contributed by atoms with E-state index < -0.39 is 10.8 Å². The van der Waals surface area contributed by atoms with Crippen molar-refractivity contribution >= 4 is 34.1 Å². The predicted octanol–water partition coefficient (Wildman–Crippen LogP) is 4.02. The molecule has 3 aromatic rings. The van der Waals surface area contributed by atoms with Crippen LogP contribution in [-0.2, 0) is 4.79 Å². The Bertz CT molecular complexity index is 1220. The van der Waals surface area contributed by atoms with Crippen LogP contribution in [0.4, 0.5) is 11.4 Å². The summed E-state index contributed by atoms with van der Waals surface area (Å²) in [7, 11) is 0. The van der Waals surface area contributed by atoms with Gasteiger partial charge in [0.15, 0.2) is 11.5 Å². The molecular weight excluding hydrogens is 374 g/mol. The zero-order chi connectivity index (χ0) is 20.4. The third-order valence-corrected chi connectivity index (χ3v) is 4.42. The number of nitrogens with one attached hydrogen (secondary N) is 1. The van der Waals surface area contributed by atoms with Gasteiger partial charge in [0.25, 0.3) is 11.6 Å². The minimum atomic E-state index is -0.671. The maximum Gasteiger partial charge on any atom is 0.280 e. The predicted molar refractivity (Wildman–Crippen MR) is 105 cm³/mol. The molecule has 0 fully saturated rings. The molecule has 0 saturated carbocycles. The molecule has 29 heavy (non-hydrogen) atoms. The molecule has 0 spiro atoms. The first kappa shape index (κ1) is 18.0. The first-order chi connectivity index (χ1) is 14.1. The van der Waals surface area contributed by atoms with E-state index in [1.165, 1.54) is 18.2 Å². The Hall–Kier alpha value is -4.38. The lowest BCUT2D eigenvalue weighted by Gasteiger charge is -2.08. The maximum absolute atomic E-state index is 12.7. The van der Waals surface area contributed by atoms with Crippen molar-refractivity contribution in [2.45, 2.75) is 0 Å². The van der Waals surface area contributed by atoms with Crippen LogP contribution in [0.1, 0.15) is 5.56 Å². The molecule has 1 heterocycles. The highest BCUT2D eigenvalue weighted by Gasteiger charge is 2.23. The van der Waals surface area contributed by atoms with Gasteiger partial charge in [0.05, 0.1) is 16.6 Å². The molecule has 8 nitrogen and oxygen atoms in total. The molecule has 0 unspecified atom stereocenters. The molecule has 0 saturated heterocycles. The Morgan fingerprint density at radius 2 is 1.86 bits per heavy atom. The monoisotopic (exact) mass is 387 g/mol. The van der Waals surface area contributed by atoms with Crippen LogP contribution in [0.15, 0.2) is 60.2 Å². The number of fused-ring (bicyclic) bond motifs is 2. The van der Waals surface area contributed by atoms with Crippen LogP contribution in [0.3, 0.4) is 0 Å². The Kier molecular flexibility index (Phi) is 4.55. The van der Waals surface area contributed by atoms with E-state index >= 15 is 0 Å². The number of amides is 1. The normalized spacial score (nSPS) is 12.4. The highest BCUT2D eigenvalue weighted by Crippen LogP contribution is 2.38. The summed E-state index contributed by atoms with van der Waals surface area (Å²) in [6.07, 6.45) is 1.17. The number of carbonyl (C=O) groups is 1. The van der Waals surface area contributed by atoms with Gasteiger partial charge in [0.2, 0.25) is 6.79 Å². The van der Waals surface area contributed by atoms with Gasteiger partial charge in [-0.15, -0.1) is 0 Å². The lowest BCUT2D eigenvalue weighted by Crippen LogP contribution is -2.13. The third-order valence-electron chi connectivity index (χ3n) is 4.42. The van der Waals surface area contributed by atoms with Gasteiger partial charge in [0.1, 0.15) is 11.6 Å². The fourth-order valence-corrected chi connectivity index (χ4v) is 3.05. The zero-order valence-electron chi connectivity index (χ0n) is 14.9. The molecule has 0 aliphatic carbocycles. The van der Waals surface area contributed by atoms with Crippen LogP contribution in [0, 0.1) is 21.4 Å². The number of anilines is 1. The number of hydrogen-bond donors (Lipinski definition) is 1. The summed E-state index contributed by atoms with van der Waals surface area (Å²) in [5.74, 6) is -0.114. The second-order valence-electron chi connectivity index (χ2n) is 6.17. The first-order valence-corrected chi connectivity index (χ1v) is 8.56. The lowest BCUT2D eigenvalue weighted by molar-refractivity contribution is -0.385. The van der Waals surface area contributed by atoms with Gasteiger partial charge in [-0.2, -0.15) is 5.26 Å². The Morgan fingerprint density at radius 1 is 1.14 bits per heavy atom. The van der Waals surface area contributed by atoms with Crippen molar-refractivity contribution in [2.75, 3.05) is 12.1 Å². The van der Waals surface area contributed by atoms with Crippen LogP contribution in [0.2, 0.25) is 0 Å². The molecule has 0 radical (unpaired) electrons. The second-order valence-corrected chi connectivity index (χ2v) is 6.17. The molecule has 1 amide bonds. The Morgan fingerprint density at radius 3 is 2.62 bits per heavy atom. The molecule has 0 aromatic heterocycles. The first-order valence-electron chi connectivity index (χ1n) is 8.56. The van der Waals surface area contributed by atoms with Crippen LogP contribution in [-0.4, -0.2) is 17.6 Å². The molecule has 1 N–H and O–H groups in total. The molecular formula is C21H13N3O5. The van der Waals surface area contributed by atoms with Crippen LogP contribution >= 0.6 is 0 Å². The number of nitriles is 1. The largest absolute Gasteiger partial charge is 0.454 e. The van der Waals surface area contributed by atoms with Gasteiger partial charge in [-0.05, 0) is 23.6 Å². The molecule has 8 heteroatoms. The Labute approximate surface area is 164 Å². The standard InChI is InChI=1S/C21H13N3O5/c22-11-15(8-14-9-19-20(29-12-28-19)10-18(14)24(26)27)21(25)23-17-7-3-5-13-4-1-2-6-16(13)17/h1-10H,12H2,(H,23,25)/b15-8-. The number of nitrogens with zero attached hydrogens (tertiary/aromatic N) is 2. The SMILES string of the molecule is N#C/C(=C/c1cc2c(cc1[N+](=O)[O-])OCO2)C(=O)Nc1cccc2ccccc12. The quantitative estimate of drug-likeness (QED) is 0.313. The van der Waals surface area contributed by atoms with Crippen molar-refractivity contribution in [1.82, 2.24) is 0 Å². The summed E-state index contributed by atoms with van der Waals surface area (Å²) >= 11 is 0. The summed E-state index contributed by atoms with van der Waals surface area (Å²) in [4.78, 5) is 23.5. The average molecular weight is 387 g/mol. The number of nitro groups is 1. The zero-order valence-corrected chi connectivity index (χ0v) is 14.9. The van der Waals surface area contributed by atoms with E-state index in [0.717, 1.165) is 10.8 Å². The molecule has 1 aliphatic heterocycles. The van der Waals surface area contributed by atoms with E-state index in [2.05, 4.69) is 5.32 Å². The van der Waals surface area contributed by atoms with E-state index in [1.54, 1.807) is 18.2 Å². The number of benzene rings is 3. The summed E-state index contributed by atoms with van der Waals surface area (Å²) < 4.78 is 10.4. The van der Waals surface area contributed by atoms with Crippen molar-refractivity contribution in [3.05, 3.63) is 75.8 Å².